The number of rotatable bonds is 5. The Hall–Kier alpha value is -1.20. The molecular formula is C20H27ClN2O2S. The summed E-state index contributed by atoms with van der Waals surface area (Å²) in [6.07, 6.45) is 5.11. The number of hydrogen-bond donors (Lipinski definition) is 0. The summed E-state index contributed by atoms with van der Waals surface area (Å²) in [5, 5.41) is 0.731. The maximum Gasteiger partial charge on any atom is 0.232 e. The van der Waals surface area contributed by atoms with E-state index in [1.165, 1.54) is 6.42 Å². The molecule has 2 aliphatic heterocycles. The molecule has 142 valence electrons. The highest BCUT2D eigenvalue weighted by Gasteiger charge is 2.30. The molecule has 0 aromatic heterocycles. The van der Waals surface area contributed by atoms with Gasteiger partial charge >= 0.3 is 0 Å². The van der Waals surface area contributed by atoms with Gasteiger partial charge in [-0.1, -0.05) is 23.7 Å². The molecule has 2 heterocycles. The Kier molecular flexibility index (Phi) is 7.26. The van der Waals surface area contributed by atoms with Gasteiger partial charge in [-0.15, -0.1) is 11.8 Å². The van der Waals surface area contributed by atoms with Gasteiger partial charge in [0.15, 0.2) is 0 Å². The molecule has 3 rings (SSSR count). The van der Waals surface area contributed by atoms with Crippen molar-refractivity contribution in [2.45, 2.75) is 37.9 Å². The number of halogens is 1. The highest BCUT2D eigenvalue weighted by atomic mass is 35.5. The maximum atomic E-state index is 12.6. The molecule has 0 N–H and O–H groups in total. The molecule has 0 spiro atoms. The van der Waals surface area contributed by atoms with Gasteiger partial charge in [-0.3, -0.25) is 9.59 Å². The summed E-state index contributed by atoms with van der Waals surface area (Å²) >= 11 is 7.61. The summed E-state index contributed by atoms with van der Waals surface area (Å²) in [4.78, 5) is 29.0. The molecule has 1 aromatic rings. The molecule has 6 heteroatoms. The van der Waals surface area contributed by atoms with E-state index in [4.69, 9.17) is 11.6 Å². The van der Waals surface area contributed by atoms with E-state index in [2.05, 4.69) is 0 Å². The van der Waals surface area contributed by atoms with Crippen LogP contribution in [0.3, 0.4) is 0 Å². The van der Waals surface area contributed by atoms with E-state index in [0.29, 0.717) is 24.7 Å². The molecule has 2 amide bonds. The van der Waals surface area contributed by atoms with Crippen molar-refractivity contribution in [2.24, 2.45) is 5.92 Å². The number of carbonyl (C=O) groups is 2. The molecule has 2 fully saturated rings. The highest BCUT2D eigenvalue weighted by molar-refractivity contribution is 7.99. The van der Waals surface area contributed by atoms with Gasteiger partial charge in [0.25, 0.3) is 0 Å². The van der Waals surface area contributed by atoms with Gasteiger partial charge in [0.1, 0.15) is 0 Å². The number of carbonyl (C=O) groups excluding carboxylic acids is 2. The van der Waals surface area contributed by atoms with Crippen molar-refractivity contribution < 1.29 is 9.59 Å². The SMILES string of the molecule is O=C(CSCc1cccc(Cl)c1)N1CCC(C(=O)N2CCCCC2)CC1. The topological polar surface area (TPSA) is 40.6 Å². The summed E-state index contributed by atoms with van der Waals surface area (Å²) in [6.45, 7) is 3.25. The third-order valence-corrected chi connectivity index (χ3v) is 6.47. The number of likely N-dealkylation sites (tertiary alicyclic amines) is 2. The van der Waals surface area contributed by atoms with Crippen molar-refractivity contribution in [1.29, 1.82) is 0 Å². The van der Waals surface area contributed by atoms with Crippen molar-refractivity contribution >= 4 is 35.2 Å². The van der Waals surface area contributed by atoms with Crippen LogP contribution in [0, 0.1) is 5.92 Å². The first kappa shape index (κ1) is 19.6. The molecule has 0 aliphatic carbocycles. The van der Waals surface area contributed by atoms with Crippen molar-refractivity contribution in [2.75, 3.05) is 31.9 Å². The average Bonchev–Trinajstić information content (AvgIpc) is 2.68. The second kappa shape index (κ2) is 9.65. The van der Waals surface area contributed by atoms with E-state index in [9.17, 15) is 9.59 Å². The molecule has 0 radical (unpaired) electrons. The first-order valence-electron chi connectivity index (χ1n) is 9.52. The van der Waals surface area contributed by atoms with E-state index in [0.717, 1.165) is 55.1 Å². The van der Waals surface area contributed by atoms with E-state index in [1.54, 1.807) is 11.8 Å². The fraction of sp³-hybridized carbons (Fsp3) is 0.600. The van der Waals surface area contributed by atoms with Crippen molar-refractivity contribution in [3.8, 4) is 0 Å². The van der Waals surface area contributed by atoms with Crippen molar-refractivity contribution in [3.63, 3.8) is 0 Å². The third kappa shape index (κ3) is 5.40. The molecule has 0 unspecified atom stereocenters. The molecule has 0 atom stereocenters. The summed E-state index contributed by atoms with van der Waals surface area (Å²) in [7, 11) is 0. The van der Waals surface area contributed by atoms with Crippen LogP contribution in [0.2, 0.25) is 5.02 Å². The second-order valence-electron chi connectivity index (χ2n) is 7.16. The van der Waals surface area contributed by atoms with E-state index < -0.39 is 0 Å². The van der Waals surface area contributed by atoms with E-state index in [1.807, 2.05) is 34.1 Å². The van der Waals surface area contributed by atoms with Gasteiger partial charge < -0.3 is 9.80 Å². The zero-order chi connectivity index (χ0) is 18.4. The predicted molar refractivity (Wildman–Crippen MR) is 107 cm³/mol. The lowest BCUT2D eigenvalue weighted by atomic mass is 9.94. The summed E-state index contributed by atoms with van der Waals surface area (Å²) in [5.74, 6) is 1.87. The fourth-order valence-corrected chi connectivity index (χ4v) is 4.81. The molecule has 2 saturated heterocycles. The van der Waals surface area contributed by atoms with Gasteiger partial charge in [-0.25, -0.2) is 0 Å². The van der Waals surface area contributed by atoms with Crippen molar-refractivity contribution in [3.05, 3.63) is 34.9 Å². The Bertz CT molecular complexity index is 626. The van der Waals surface area contributed by atoms with Gasteiger partial charge in [-0.05, 0) is 49.8 Å². The third-order valence-electron chi connectivity index (χ3n) is 5.25. The number of benzene rings is 1. The first-order valence-corrected chi connectivity index (χ1v) is 11.1. The van der Waals surface area contributed by atoms with E-state index in [-0.39, 0.29) is 11.8 Å². The Morgan fingerprint density at radius 2 is 1.77 bits per heavy atom. The number of piperidine rings is 2. The number of hydrogen-bond acceptors (Lipinski definition) is 3. The van der Waals surface area contributed by atoms with Gasteiger partial charge in [0.2, 0.25) is 11.8 Å². The highest BCUT2D eigenvalue weighted by Crippen LogP contribution is 2.23. The average molecular weight is 395 g/mol. The van der Waals surface area contributed by atoms with Gasteiger partial charge in [0, 0.05) is 42.9 Å². The monoisotopic (exact) mass is 394 g/mol. The second-order valence-corrected chi connectivity index (χ2v) is 8.59. The Morgan fingerprint density at radius 1 is 1.04 bits per heavy atom. The zero-order valence-corrected chi connectivity index (χ0v) is 16.7. The van der Waals surface area contributed by atoms with Crippen LogP contribution in [0.4, 0.5) is 0 Å². The van der Waals surface area contributed by atoms with Crippen LogP contribution < -0.4 is 0 Å². The largest absolute Gasteiger partial charge is 0.342 e. The molecule has 4 nitrogen and oxygen atoms in total. The van der Waals surface area contributed by atoms with Crippen LogP contribution >= 0.6 is 23.4 Å². The summed E-state index contributed by atoms with van der Waals surface area (Å²) in [6, 6.07) is 7.76. The fourth-order valence-electron chi connectivity index (χ4n) is 3.72. The normalized spacial score (nSPS) is 18.8. The van der Waals surface area contributed by atoms with Gasteiger partial charge in [-0.2, -0.15) is 0 Å². The van der Waals surface area contributed by atoms with Gasteiger partial charge in [0.05, 0.1) is 5.75 Å². The smallest absolute Gasteiger partial charge is 0.232 e. The van der Waals surface area contributed by atoms with Crippen LogP contribution in [0.15, 0.2) is 24.3 Å². The molecule has 0 bridgehead atoms. The molecular weight excluding hydrogens is 368 g/mol. The maximum absolute atomic E-state index is 12.6. The molecule has 2 aliphatic rings. The minimum Gasteiger partial charge on any atom is -0.342 e. The molecule has 26 heavy (non-hydrogen) atoms. The minimum absolute atomic E-state index is 0.108. The van der Waals surface area contributed by atoms with E-state index >= 15 is 0 Å². The minimum atomic E-state index is 0.108. The number of thioether (sulfide) groups is 1. The van der Waals surface area contributed by atoms with Crippen LogP contribution in [0.25, 0.3) is 0 Å². The number of amides is 2. The summed E-state index contributed by atoms with van der Waals surface area (Å²) < 4.78 is 0. The van der Waals surface area contributed by atoms with Crippen LogP contribution in [0.1, 0.15) is 37.7 Å². The standard InChI is InChI=1S/C20H27ClN2O2S/c21-18-6-4-5-16(13-18)14-26-15-19(24)22-11-7-17(8-12-22)20(25)23-9-2-1-3-10-23/h4-6,13,17H,1-3,7-12,14-15H2. The quantitative estimate of drug-likeness (QED) is 0.762. The lowest BCUT2D eigenvalue weighted by Crippen LogP contribution is -2.46. The van der Waals surface area contributed by atoms with Crippen LogP contribution in [0.5, 0.6) is 0 Å². The van der Waals surface area contributed by atoms with Crippen LogP contribution in [-0.4, -0.2) is 53.5 Å². The lowest BCUT2D eigenvalue weighted by Gasteiger charge is -2.35. The Morgan fingerprint density at radius 3 is 2.46 bits per heavy atom. The predicted octanol–water partition coefficient (Wildman–Crippen LogP) is 3.82. The Balaban J connectivity index is 1.38. The van der Waals surface area contributed by atoms with Crippen molar-refractivity contribution in [1.82, 2.24) is 9.80 Å². The first-order chi connectivity index (χ1) is 12.6. The Labute approximate surface area is 165 Å². The summed E-state index contributed by atoms with van der Waals surface area (Å²) in [5.41, 5.74) is 1.14. The number of nitrogens with zero attached hydrogens (tertiary/aromatic N) is 2. The zero-order valence-electron chi connectivity index (χ0n) is 15.2. The lowest BCUT2D eigenvalue weighted by molar-refractivity contribution is -0.140. The molecule has 0 saturated carbocycles. The van der Waals surface area contributed by atoms with Crippen LogP contribution in [-0.2, 0) is 15.3 Å². The molecule has 1 aromatic carbocycles.